The van der Waals surface area contributed by atoms with Crippen molar-refractivity contribution in [1.82, 2.24) is 25.1 Å². The van der Waals surface area contributed by atoms with Gasteiger partial charge in [0.05, 0.1) is 31.4 Å². The second-order valence-electron chi connectivity index (χ2n) is 7.92. The molecule has 34 heavy (non-hydrogen) atoms. The van der Waals surface area contributed by atoms with E-state index in [1.807, 2.05) is 55.5 Å². The monoisotopic (exact) mass is 481 g/mol. The number of nitrogens with one attached hydrogen (secondary N) is 2. The highest BCUT2D eigenvalue weighted by atomic mass is 35.5. The number of aromatic amines is 1. The smallest absolute Gasteiger partial charge is 0.161 e. The van der Waals surface area contributed by atoms with Crippen molar-refractivity contribution in [2.75, 3.05) is 13.7 Å². The number of H-pyrrole nitrogens is 1. The van der Waals surface area contributed by atoms with Gasteiger partial charge in [-0.25, -0.2) is 9.67 Å². The number of aromatic nitrogens is 4. The number of aliphatic hydroxyl groups is 1. The van der Waals surface area contributed by atoms with E-state index in [1.165, 1.54) is 0 Å². The first-order valence-electron chi connectivity index (χ1n) is 11.0. The standard InChI is InChI=1S/C25H28ClN5O3/c1-17-22(25(26)31(30-17)21-6-4-3-5-7-21)15-34-23-9-8-18(10-24(23)33-2)12-28-20(14-32)11-19-13-27-16-29-19/h3-10,13,16,20,28,32H,11-12,14-15H2,1-2H3,(H,27,29)/t20-/m0/s1. The van der Waals surface area contributed by atoms with Crippen molar-refractivity contribution in [1.29, 1.82) is 0 Å². The molecule has 2 aromatic heterocycles. The molecule has 0 spiro atoms. The van der Waals surface area contributed by atoms with Crippen molar-refractivity contribution in [3.63, 3.8) is 0 Å². The van der Waals surface area contributed by atoms with Gasteiger partial charge in [-0.05, 0) is 36.8 Å². The molecular weight excluding hydrogens is 454 g/mol. The first kappa shape index (κ1) is 23.8. The third-order valence-corrected chi connectivity index (χ3v) is 5.95. The van der Waals surface area contributed by atoms with E-state index < -0.39 is 0 Å². The van der Waals surface area contributed by atoms with E-state index in [9.17, 15) is 5.11 Å². The van der Waals surface area contributed by atoms with Crippen LogP contribution in [0, 0.1) is 6.92 Å². The lowest BCUT2D eigenvalue weighted by Gasteiger charge is -2.17. The molecule has 178 valence electrons. The topological polar surface area (TPSA) is 97.2 Å². The summed E-state index contributed by atoms with van der Waals surface area (Å²) in [5, 5.41) is 18.1. The molecule has 0 aliphatic carbocycles. The highest BCUT2D eigenvalue weighted by Crippen LogP contribution is 2.31. The normalized spacial score (nSPS) is 12.0. The SMILES string of the molecule is COc1cc(CN[C@H](CO)Cc2cnc[nH]2)ccc1OCc1c(C)nn(-c2ccccc2)c1Cl. The van der Waals surface area contributed by atoms with Gasteiger partial charge in [-0.1, -0.05) is 35.9 Å². The van der Waals surface area contributed by atoms with Crippen molar-refractivity contribution >= 4 is 11.6 Å². The summed E-state index contributed by atoms with van der Waals surface area (Å²) in [7, 11) is 1.61. The van der Waals surface area contributed by atoms with Crippen molar-refractivity contribution in [2.24, 2.45) is 0 Å². The lowest BCUT2D eigenvalue weighted by atomic mass is 10.1. The number of methoxy groups -OCH3 is 1. The van der Waals surface area contributed by atoms with Crippen molar-refractivity contribution < 1.29 is 14.6 Å². The number of hydrogen-bond donors (Lipinski definition) is 3. The second kappa shape index (κ2) is 11.2. The lowest BCUT2D eigenvalue weighted by Crippen LogP contribution is -2.34. The Balaban J connectivity index is 1.41. The molecule has 0 saturated heterocycles. The first-order chi connectivity index (χ1) is 16.6. The molecule has 2 heterocycles. The Morgan fingerprint density at radius 1 is 1.18 bits per heavy atom. The molecule has 4 rings (SSSR count). The van der Waals surface area contributed by atoms with Crippen LogP contribution >= 0.6 is 11.6 Å². The maximum Gasteiger partial charge on any atom is 0.161 e. The largest absolute Gasteiger partial charge is 0.493 e. The van der Waals surface area contributed by atoms with Gasteiger partial charge in [0.2, 0.25) is 0 Å². The number of benzene rings is 2. The van der Waals surface area contributed by atoms with Crippen LogP contribution in [0.5, 0.6) is 11.5 Å². The van der Waals surface area contributed by atoms with Crippen LogP contribution in [0.25, 0.3) is 5.69 Å². The molecule has 0 amide bonds. The van der Waals surface area contributed by atoms with E-state index >= 15 is 0 Å². The predicted molar refractivity (Wildman–Crippen MR) is 131 cm³/mol. The van der Waals surface area contributed by atoms with E-state index in [4.69, 9.17) is 21.1 Å². The van der Waals surface area contributed by atoms with Crippen LogP contribution in [-0.4, -0.2) is 44.6 Å². The zero-order chi connectivity index (χ0) is 23.9. The summed E-state index contributed by atoms with van der Waals surface area (Å²) in [6, 6.07) is 15.4. The van der Waals surface area contributed by atoms with Crippen LogP contribution in [0.4, 0.5) is 0 Å². The molecule has 0 aliphatic rings. The molecule has 0 unspecified atom stereocenters. The average Bonchev–Trinajstić information content (AvgIpc) is 3.48. The molecular formula is C25H28ClN5O3. The molecule has 4 aromatic rings. The molecule has 0 bridgehead atoms. The van der Waals surface area contributed by atoms with Crippen molar-refractivity contribution in [3.8, 4) is 17.2 Å². The number of aliphatic hydroxyl groups excluding tert-OH is 1. The van der Waals surface area contributed by atoms with E-state index in [0.717, 1.165) is 28.2 Å². The van der Waals surface area contributed by atoms with Crippen molar-refractivity contribution in [2.45, 2.75) is 32.5 Å². The number of imidazole rings is 1. The molecule has 0 saturated carbocycles. The quantitative estimate of drug-likeness (QED) is 0.301. The predicted octanol–water partition coefficient (Wildman–Crippen LogP) is 3.84. The Bertz CT molecular complexity index is 1190. The minimum atomic E-state index is -0.0892. The zero-order valence-corrected chi connectivity index (χ0v) is 19.9. The van der Waals surface area contributed by atoms with E-state index in [-0.39, 0.29) is 19.3 Å². The van der Waals surface area contributed by atoms with E-state index in [0.29, 0.717) is 29.6 Å². The van der Waals surface area contributed by atoms with Gasteiger partial charge >= 0.3 is 0 Å². The Kier molecular flexibility index (Phi) is 7.84. The Morgan fingerprint density at radius 2 is 2.00 bits per heavy atom. The summed E-state index contributed by atoms with van der Waals surface area (Å²) in [6.45, 7) is 2.78. The third-order valence-electron chi connectivity index (χ3n) is 5.56. The van der Waals surface area contributed by atoms with Crippen molar-refractivity contribution in [3.05, 3.63) is 88.7 Å². The lowest BCUT2D eigenvalue weighted by molar-refractivity contribution is 0.240. The van der Waals surface area contributed by atoms with Gasteiger partial charge in [0.1, 0.15) is 11.8 Å². The maximum atomic E-state index is 9.69. The maximum absolute atomic E-state index is 9.69. The van der Waals surface area contributed by atoms with Gasteiger partial charge in [0.15, 0.2) is 11.5 Å². The van der Waals surface area contributed by atoms with Gasteiger partial charge in [-0.3, -0.25) is 0 Å². The summed E-state index contributed by atoms with van der Waals surface area (Å²) in [5.41, 5.74) is 4.50. The summed E-state index contributed by atoms with van der Waals surface area (Å²) in [5.74, 6) is 1.24. The summed E-state index contributed by atoms with van der Waals surface area (Å²) < 4.78 is 13.3. The molecule has 9 heteroatoms. The molecule has 0 fully saturated rings. The summed E-state index contributed by atoms with van der Waals surface area (Å²) in [6.07, 6.45) is 4.05. The Labute approximate surface area is 203 Å². The molecule has 0 radical (unpaired) electrons. The highest BCUT2D eigenvalue weighted by Gasteiger charge is 2.17. The number of rotatable bonds is 11. The summed E-state index contributed by atoms with van der Waals surface area (Å²) >= 11 is 6.62. The van der Waals surface area contributed by atoms with Crippen LogP contribution in [0.2, 0.25) is 5.15 Å². The van der Waals surface area contributed by atoms with Gasteiger partial charge in [-0.15, -0.1) is 0 Å². The fraction of sp³-hybridized carbons (Fsp3) is 0.280. The molecule has 8 nitrogen and oxygen atoms in total. The van der Waals surface area contributed by atoms with Gasteiger partial charge < -0.3 is 24.9 Å². The number of ether oxygens (including phenoxy) is 2. The van der Waals surface area contributed by atoms with Crippen LogP contribution in [0.1, 0.15) is 22.5 Å². The number of aryl methyl sites for hydroxylation is 1. The van der Waals surface area contributed by atoms with E-state index in [2.05, 4.69) is 20.4 Å². The molecule has 0 aliphatic heterocycles. The van der Waals surface area contributed by atoms with Gasteiger partial charge in [0, 0.05) is 36.5 Å². The summed E-state index contributed by atoms with van der Waals surface area (Å²) in [4.78, 5) is 7.08. The van der Waals surface area contributed by atoms with Gasteiger partial charge in [-0.2, -0.15) is 5.10 Å². The van der Waals surface area contributed by atoms with Gasteiger partial charge in [0.25, 0.3) is 0 Å². The number of nitrogens with zero attached hydrogens (tertiary/aromatic N) is 3. The number of para-hydroxylation sites is 1. The molecule has 2 aromatic carbocycles. The highest BCUT2D eigenvalue weighted by molar-refractivity contribution is 6.30. The fourth-order valence-corrected chi connectivity index (χ4v) is 3.98. The third kappa shape index (κ3) is 5.59. The minimum absolute atomic E-state index is 0.0219. The second-order valence-corrected chi connectivity index (χ2v) is 8.28. The minimum Gasteiger partial charge on any atom is -0.493 e. The van der Waals surface area contributed by atoms with E-state index in [1.54, 1.807) is 24.3 Å². The van der Waals surface area contributed by atoms with Crippen LogP contribution in [0.3, 0.4) is 0 Å². The average molecular weight is 482 g/mol. The first-order valence-corrected chi connectivity index (χ1v) is 11.4. The fourth-order valence-electron chi connectivity index (χ4n) is 3.65. The molecule has 1 atom stereocenters. The van der Waals surface area contributed by atoms with Crippen LogP contribution in [-0.2, 0) is 19.6 Å². The van der Waals surface area contributed by atoms with Crippen LogP contribution in [0.15, 0.2) is 61.1 Å². The Hall–Kier alpha value is -3.33. The Morgan fingerprint density at radius 3 is 2.71 bits per heavy atom. The number of halogens is 1. The van der Waals surface area contributed by atoms with Crippen LogP contribution < -0.4 is 14.8 Å². The number of hydrogen-bond acceptors (Lipinski definition) is 6. The molecule has 3 N–H and O–H groups in total. The zero-order valence-electron chi connectivity index (χ0n) is 19.2.